The standard InChI is InChI=1S/C14H31NO2/c1-6-8-13(17-5)14(15-10-7-2)12(3)9-11-16-4/h12-15H,6-11H2,1-5H3. The molecule has 0 heterocycles. The highest BCUT2D eigenvalue weighted by molar-refractivity contribution is 4.81. The van der Waals surface area contributed by atoms with Crippen LogP contribution in [0.1, 0.15) is 46.5 Å². The molecule has 3 heteroatoms. The van der Waals surface area contributed by atoms with Gasteiger partial charge >= 0.3 is 0 Å². The van der Waals surface area contributed by atoms with Crippen molar-refractivity contribution in [3.8, 4) is 0 Å². The molecule has 0 aromatic carbocycles. The van der Waals surface area contributed by atoms with Gasteiger partial charge in [-0.05, 0) is 31.7 Å². The molecule has 0 saturated heterocycles. The lowest BCUT2D eigenvalue weighted by molar-refractivity contribution is 0.0369. The first-order chi connectivity index (χ1) is 8.21. The second-order valence-corrected chi connectivity index (χ2v) is 4.80. The summed E-state index contributed by atoms with van der Waals surface area (Å²) in [6.07, 6.45) is 4.85. The zero-order valence-corrected chi connectivity index (χ0v) is 12.3. The Balaban J connectivity index is 4.35. The second-order valence-electron chi connectivity index (χ2n) is 4.80. The van der Waals surface area contributed by atoms with Crippen molar-refractivity contribution >= 4 is 0 Å². The van der Waals surface area contributed by atoms with Crippen molar-refractivity contribution in [3.05, 3.63) is 0 Å². The maximum atomic E-state index is 5.65. The van der Waals surface area contributed by atoms with Crippen molar-refractivity contribution in [1.29, 1.82) is 0 Å². The van der Waals surface area contributed by atoms with Crippen molar-refractivity contribution in [3.63, 3.8) is 0 Å². The van der Waals surface area contributed by atoms with Gasteiger partial charge < -0.3 is 14.8 Å². The summed E-state index contributed by atoms with van der Waals surface area (Å²) in [7, 11) is 3.59. The van der Waals surface area contributed by atoms with Crippen LogP contribution in [0.5, 0.6) is 0 Å². The summed E-state index contributed by atoms with van der Waals surface area (Å²) in [6, 6.07) is 0.440. The van der Waals surface area contributed by atoms with Crippen LogP contribution in [0.15, 0.2) is 0 Å². The minimum absolute atomic E-state index is 0.318. The largest absolute Gasteiger partial charge is 0.385 e. The summed E-state index contributed by atoms with van der Waals surface area (Å²) >= 11 is 0. The van der Waals surface area contributed by atoms with Crippen molar-refractivity contribution in [2.75, 3.05) is 27.4 Å². The molecule has 17 heavy (non-hydrogen) atoms. The maximum absolute atomic E-state index is 5.65. The molecule has 0 aromatic rings. The van der Waals surface area contributed by atoms with Crippen LogP contribution in [0.25, 0.3) is 0 Å². The fourth-order valence-corrected chi connectivity index (χ4v) is 2.22. The summed E-state index contributed by atoms with van der Waals surface area (Å²) in [4.78, 5) is 0. The molecule has 3 nitrogen and oxygen atoms in total. The Kier molecular flexibility index (Phi) is 10.9. The predicted molar refractivity (Wildman–Crippen MR) is 73.4 cm³/mol. The van der Waals surface area contributed by atoms with Gasteiger partial charge in [0.2, 0.25) is 0 Å². The maximum Gasteiger partial charge on any atom is 0.0726 e. The molecule has 1 N–H and O–H groups in total. The molecule has 0 aromatic heterocycles. The monoisotopic (exact) mass is 245 g/mol. The molecule has 3 unspecified atom stereocenters. The number of nitrogens with one attached hydrogen (secondary N) is 1. The Labute approximate surface area is 107 Å². The van der Waals surface area contributed by atoms with Crippen LogP contribution in [0.2, 0.25) is 0 Å². The SMILES string of the molecule is CCCNC(C(C)CCOC)C(CCC)OC. The summed E-state index contributed by atoms with van der Waals surface area (Å²) in [5.74, 6) is 0.581. The van der Waals surface area contributed by atoms with E-state index in [1.54, 1.807) is 7.11 Å². The van der Waals surface area contributed by atoms with Crippen molar-refractivity contribution in [2.45, 2.75) is 58.6 Å². The molecule has 0 spiro atoms. The minimum atomic E-state index is 0.318. The fourth-order valence-electron chi connectivity index (χ4n) is 2.22. The van der Waals surface area contributed by atoms with E-state index in [2.05, 4.69) is 26.1 Å². The van der Waals surface area contributed by atoms with E-state index in [4.69, 9.17) is 9.47 Å². The van der Waals surface area contributed by atoms with Crippen LogP contribution in [0.3, 0.4) is 0 Å². The highest BCUT2D eigenvalue weighted by Gasteiger charge is 2.25. The number of methoxy groups -OCH3 is 2. The van der Waals surface area contributed by atoms with Crippen LogP contribution in [0.4, 0.5) is 0 Å². The lowest BCUT2D eigenvalue weighted by Crippen LogP contribution is -2.46. The average Bonchev–Trinajstić information content (AvgIpc) is 2.35. The topological polar surface area (TPSA) is 30.5 Å². The van der Waals surface area contributed by atoms with Gasteiger partial charge in [-0.3, -0.25) is 0 Å². The second kappa shape index (κ2) is 11.0. The van der Waals surface area contributed by atoms with E-state index >= 15 is 0 Å². The van der Waals surface area contributed by atoms with E-state index in [1.807, 2.05) is 7.11 Å². The van der Waals surface area contributed by atoms with Gasteiger partial charge in [0.25, 0.3) is 0 Å². The van der Waals surface area contributed by atoms with Crippen LogP contribution in [0, 0.1) is 5.92 Å². The molecule has 0 bridgehead atoms. The molecular formula is C14H31NO2. The molecular weight excluding hydrogens is 214 g/mol. The normalized spacial score (nSPS) is 16.8. The van der Waals surface area contributed by atoms with E-state index in [-0.39, 0.29) is 0 Å². The average molecular weight is 245 g/mol. The Morgan fingerprint density at radius 1 is 1.06 bits per heavy atom. The third kappa shape index (κ3) is 7.02. The number of hydrogen-bond acceptors (Lipinski definition) is 3. The van der Waals surface area contributed by atoms with E-state index in [9.17, 15) is 0 Å². The minimum Gasteiger partial charge on any atom is -0.385 e. The van der Waals surface area contributed by atoms with Crippen molar-refractivity contribution in [1.82, 2.24) is 5.32 Å². The van der Waals surface area contributed by atoms with Crippen molar-refractivity contribution in [2.24, 2.45) is 5.92 Å². The highest BCUT2D eigenvalue weighted by atomic mass is 16.5. The molecule has 0 fully saturated rings. The van der Waals surface area contributed by atoms with Gasteiger partial charge in [-0.1, -0.05) is 27.2 Å². The van der Waals surface area contributed by atoms with Gasteiger partial charge in [0.15, 0.2) is 0 Å². The molecule has 0 saturated carbocycles. The predicted octanol–water partition coefficient (Wildman–Crippen LogP) is 2.84. The lowest BCUT2D eigenvalue weighted by atomic mass is 9.91. The summed E-state index contributed by atoms with van der Waals surface area (Å²) in [6.45, 7) is 8.59. The molecule has 0 aliphatic rings. The molecule has 0 radical (unpaired) electrons. The smallest absolute Gasteiger partial charge is 0.0726 e. The van der Waals surface area contributed by atoms with Crippen LogP contribution in [-0.4, -0.2) is 39.5 Å². The van der Waals surface area contributed by atoms with Crippen LogP contribution in [-0.2, 0) is 9.47 Å². The van der Waals surface area contributed by atoms with Crippen LogP contribution < -0.4 is 5.32 Å². The van der Waals surface area contributed by atoms with Gasteiger partial charge in [-0.25, -0.2) is 0 Å². The Hall–Kier alpha value is -0.120. The molecule has 104 valence electrons. The van der Waals surface area contributed by atoms with Crippen molar-refractivity contribution < 1.29 is 9.47 Å². The summed E-state index contributed by atoms with van der Waals surface area (Å²) in [5, 5.41) is 3.63. The van der Waals surface area contributed by atoms with E-state index in [0.29, 0.717) is 18.1 Å². The van der Waals surface area contributed by atoms with Gasteiger partial charge in [-0.2, -0.15) is 0 Å². The number of hydrogen-bond donors (Lipinski definition) is 1. The third-order valence-corrected chi connectivity index (χ3v) is 3.30. The highest BCUT2D eigenvalue weighted by Crippen LogP contribution is 2.17. The first-order valence-corrected chi connectivity index (χ1v) is 6.96. The lowest BCUT2D eigenvalue weighted by Gasteiger charge is -2.32. The zero-order valence-electron chi connectivity index (χ0n) is 12.3. The van der Waals surface area contributed by atoms with Gasteiger partial charge in [0.05, 0.1) is 6.10 Å². The zero-order chi connectivity index (χ0) is 13.1. The molecule has 3 atom stereocenters. The Morgan fingerprint density at radius 3 is 2.24 bits per heavy atom. The number of rotatable bonds is 11. The van der Waals surface area contributed by atoms with Crippen LogP contribution >= 0.6 is 0 Å². The quantitative estimate of drug-likeness (QED) is 0.607. The first-order valence-electron chi connectivity index (χ1n) is 6.96. The third-order valence-electron chi connectivity index (χ3n) is 3.30. The van der Waals surface area contributed by atoms with Gasteiger partial charge in [0.1, 0.15) is 0 Å². The van der Waals surface area contributed by atoms with Gasteiger partial charge in [0, 0.05) is 26.9 Å². The van der Waals surface area contributed by atoms with Gasteiger partial charge in [-0.15, -0.1) is 0 Å². The van der Waals surface area contributed by atoms with E-state index in [0.717, 1.165) is 32.4 Å². The first kappa shape index (κ1) is 16.9. The molecule has 0 amide bonds. The fraction of sp³-hybridized carbons (Fsp3) is 1.00. The Morgan fingerprint density at radius 2 is 1.76 bits per heavy atom. The number of ether oxygens (including phenoxy) is 2. The summed E-state index contributed by atoms with van der Waals surface area (Å²) in [5.41, 5.74) is 0. The molecule has 0 aliphatic carbocycles. The Bertz CT molecular complexity index is 164. The molecule has 0 rings (SSSR count). The van der Waals surface area contributed by atoms with E-state index < -0.39 is 0 Å². The molecule has 0 aliphatic heterocycles. The van der Waals surface area contributed by atoms with E-state index in [1.165, 1.54) is 6.42 Å². The summed E-state index contributed by atoms with van der Waals surface area (Å²) < 4.78 is 10.8.